The third kappa shape index (κ3) is 4.42. The van der Waals surface area contributed by atoms with Gasteiger partial charge in [0, 0.05) is 70.6 Å². The number of amides is 1. The largest absolute Gasteiger partial charge is 0.373 e. The van der Waals surface area contributed by atoms with Gasteiger partial charge in [0.2, 0.25) is 0 Å². The van der Waals surface area contributed by atoms with Crippen molar-refractivity contribution in [2.45, 2.75) is 33.1 Å². The van der Waals surface area contributed by atoms with Gasteiger partial charge in [0.25, 0.3) is 5.91 Å². The Labute approximate surface area is 187 Å². The molecule has 0 radical (unpaired) electrons. The van der Waals surface area contributed by atoms with Gasteiger partial charge in [-0.25, -0.2) is 4.98 Å². The van der Waals surface area contributed by atoms with Gasteiger partial charge >= 0.3 is 0 Å². The summed E-state index contributed by atoms with van der Waals surface area (Å²) in [4.78, 5) is 30.7. The highest BCUT2D eigenvalue weighted by atomic mass is 16.1. The molecule has 0 aromatic carbocycles. The maximum atomic E-state index is 12.9. The van der Waals surface area contributed by atoms with Crippen molar-refractivity contribution >= 4 is 28.3 Å². The molecule has 0 unspecified atom stereocenters. The summed E-state index contributed by atoms with van der Waals surface area (Å²) >= 11 is 0. The van der Waals surface area contributed by atoms with E-state index in [-0.39, 0.29) is 11.3 Å². The summed E-state index contributed by atoms with van der Waals surface area (Å²) < 4.78 is 0. The summed E-state index contributed by atoms with van der Waals surface area (Å²) in [6, 6.07) is 9.40. The van der Waals surface area contributed by atoms with Gasteiger partial charge in [0.1, 0.15) is 5.82 Å². The lowest BCUT2D eigenvalue weighted by molar-refractivity contribution is 0.102. The molecule has 1 amide bonds. The van der Waals surface area contributed by atoms with Gasteiger partial charge < -0.3 is 10.6 Å². The van der Waals surface area contributed by atoms with Gasteiger partial charge in [-0.15, -0.1) is 0 Å². The van der Waals surface area contributed by atoms with Gasteiger partial charge in [-0.2, -0.15) is 0 Å². The Bertz CT molecular complexity index is 1310. The maximum Gasteiger partial charge on any atom is 0.255 e. The second-order valence-electron chi connectivity index (χ2n) is 8.73. The molecule has 2 N–H and O–H groups in total. The first-order valence-corrected chi connectivity index (χ1v) is 10.4. The number of hydrogen-bond donors (Lipinski definition) is 2. The van der Waals surface area contributed by atoms with Crippen molar-refractivity contribution in [2.75, 3.05) is 17.7 Å². The van der Waals surface area contributed by atoms with E-state index in [4.69, 9.17) is 0 Å². The number of rotatable bonds is 4. The van der Waals surface area contributed by atoms with Crippen LogP contribution in [0.25, 0.3) is 22.0 Å². The minimum absolute atomic E-state index is 0.138. The van der Waals surface area contributed by atoms with E-state index in [1.165, 1.54) is 0 Å². The summed E-state index contributed by atoms with van der Waals surface area (Å²) in [5.41, 5.74) is 5.43. The number of aryl methyl sites for hydroxylation is 1. The standard InChI is InChI=1S/C25H26N6O/c1-15-20(17-8-18-13-30-23(26-5)11-21(18)29-12-17)10-19(14-28-15)31-24(32)16-6-7-27-22(9-16)25(2,3)4/h6-14H,1-5H3,(H,26,30)(H,31,32). The van der Waals surface area contributed by atoms with Gasteiger partial charge in [-0.05, 0) is 31.2 Å². The Balaban J connectivity index is 1.63. The van der Waals surface area contributed by atoms with Crippen molar-refractivity contribution in [2.24, 2.45) is 0 Å². The molecule has 4 heterocycles. The number of aromatic nitrogens is 4. The van der Waals surface area contributed by atoms with Crippen molar-refractivity contribution in [1.82, 2.24) is 19.9 Å². The Kier molecular flexibility index (Phi) is 5.57. The predicted molar refractivity (Wildman–Crippen MR) is 128 cm³/mol. The molecule has 4 aromatic rings. The number of pyridine rings is 4. The zero-order chi connectivity index (χ0) is 22.9. The number of hydrogen-bond acceptors (Lipinski definition) is 6. The lowest BCUT2D eigenvalue weighted by Gasteiger charge is -2.18. The van der Waals surface area contributed by atoms with Gasteiger partial charge in [-0.3, -0.25) is 19.7 Å². The first-order valence-electron chi connectivity index (χ1n) is 10.4. The van der Waals surface area contributed by atoms with Gasteiger partial charge in [0.15, 0.2) is 0 Å². The van der Waals surface area contributed by atoms with Crippen molar-refractivity contribution in [3.63, 3.8) is 0 Å². The topological polar surface area (TPSA) is 92.7 Å². The molecule has 0 aliphatic carbocycles. The summed E-state index contributed by atoms with van der Waals surface area (Å²) in [7, 11) is 1.83. The fourth-order valence-electron chi connectivity index (χ4n) is 3.39. The van der Waals surface area contributed by atoms with E-state index >= 15 is 0 Å². The van der Waals surface area contributed by atoms with E-state index < -0.39 is 0 Å². The molecule has 4 rings (SSSR count). The van der Waals surface area contributed by atoms with Crippen LogP contribution >= 0.6 is 0 Å². The number of carbonyl (C=O) groups is 1. The minimum atomic E-state index is -0.199. The minimum Gasteiger partial charge on any atom is -0.373 e. The van der Waals surface area contributed by atoms with E-state index in [2.05, 4.69) is 51.3 Å². The van der Waals surface area contributed by atoms with Crippen LogP contribution < -0.4 is 10.6 Å². The summed E-state index contributed by atoms with van der Waals surface area (Å²) in [5, 5.41) is 6.91. The molecule has 0 spiro atoms. The van der Waals surface area contributed by atoms with Crippen molar-refractivity contribution in [3.8, 4) is 11.1 Å². The molecular formula is C25H26N6O. The first-order chi connectivity index (χ1) is 15.2. The van der Waals surface area contributed by atoms with Crippen LogP contribution in [-0.2, 0) is 5.41 Å². The molecule has 0 bridgehead atoms. The smallest absolute Gasteiger partial charge is 0.255 e. The molecule has 0 aliphatic heterocycles. The quantitative estimate of drug-likeness (QED) is 0.478. The highest BCUT2D eigenvalue weighted by Crippen LogP contribution is 2.28. The van der Waals surface area contributed by atoms with Crippen molar-refractivity contribution < 1.29 is 4.79 Å². The normalized spacial score (nSPS) is 11.4. The molecule has 162 valence electrons. The molecule has 0 saturated carbocycles. The van der Waals surface area contributed by atoms with Gasteiger partial charge in [-0.1, -0.05) is 20.8 Å². The number of carbonyl (C=O) groups excluding carboxylic acids is 1. The summed E-state index contributed by atoms with van der Waals surface area (Å²) in [5.74, 6) is 0.570. The van der Waals surface area contributed by atoms with Crippen LogP contribution in [0, 0.1) is 6.92 Å². The molecule has 0 atom stereocenters. The predicted octanol–water partition coefficient (Wildman–Crippen LogP) is 4.99. The van der Waals surface area contributed by atoms with Crippen LogP contribution in [0.3, 0.4) is 0 Å². The van der Waals surface area contributed by atoms with Gasteiger partial charge in [0.05, 0.1) is 17.4 Å². The molecular weight excluding hydrogens is 400 g/mol. The van der Waals surface area contributed by atoms with Crippen LogP contribution in [0.15, 0.2) is 55.1 Å². The highest BCUT2D eigenvalue weighted by Gasteiger charge is 2.18. The van der Waals surface area contributed by atoms with Crippen LogP contribution in [0.2, 0.25) is 0 Å². The first kappa shape index (κ1) is 21.4. The summed E-state index contributed by atoms with van der Waals surface area (Å²) in [6.45, 7) is 8.14. The average molecular weight is 427 g/mol. The van der Waals surface area contributed by atoms with E-state index in [1.807, 2.05) is 44.4 Å². The molecule has 0 fully saturated rings. The third-order valence-electron chi connectivity index (χ3n) is 5.27. The Hall–Kier alpha value is -3.87. The second-order valence-corrected chi connectivity index (χ2v) is 8.73. The molecule has 0 aliphatic rings. The van der Waals surface area contributed by atoms with Crippen molar-refractivity contribution in [3.05, 3.63) is 72.1 Å². The van der Waals surface area contributed by atoms with Crippen LogP contribution in [0.4, 0.5) is 11.5 Å². The molecule has 32 heavy (non-hydrogen) atoms. The van der Waals surface area contributed by atoms with E-state index in [0.29, 0.717) is 11.3 Å². The van der Waals surface area contributed by atoms with E-state index in [9.17, 15) is 4.79 Å². The molecule has 7 nitrogen and oxygen atoms in total. The number of nitrogens with one attached hydrogen (secondary N) is 2. The van der Waals surface area contributed by atoms with Crippen LogP contribution in [0.5, 0.6) is 0 Å². The Morgan fingerprint density at radius 1 is 0.938 bits per heavy atom. The maximum absolute atomic E-state index is 12.9. The zero-order valence-corrected chi connectivity index (χ0v) is 18.9. The molecule has 4 aromatic heterocycles. The molecule has 0 saturated heterocycles. The fourth-order valence-corrected chi connectivity index (χ4v) is 3.39. The zero-order valence-electron chi connectivity index (χ0n) is 18.9. The lowest BCUT2D eigenvalue weighted by atomic mass is 9.91. The highest BCUT2D eigenvalue weighted by molar-refractivity contribution is 6.04. The van der Waals surface area contributed by atoms with Crippen LogP contribution in [0.1, 0.15) is 42.5 Å². The van der Waals surface area contributed by atoms with E-state index in [1.54, 1.807) is 24.7 Å². The summed E-state index contributed by atoms with van der Waals surface area (Å²) in [6.07, 6.45) is 6.94. The average Bonchev–Trinajstić information content (AvgIpc) is 2.79. The van der Waals surface area contributed by atoms with Crippen molar-refractivity contribution in [1.29, 1.82) is 0 Å². The van der Waals surface area contributed by atoms with Crippen LogP contribution in [-0.4, -0.2) is 32.9 Å². The Morgan fingerprint density at radius 2 is 1.75 bits per heavy atom. The monoisotopic (exact) mass is 426 g/mol. The second kappa shape index (κ2) is 8.34. The lowest BCUT2D eigenvalue weighted by Crippen LogP contribution is -2.17. The number of nitrogens with zero attached hydrogens (tertiary/aromatic N) is 4. The third-order valence-corrected chi connectivity index (χ3v) is 5.27. The SMILES string of the molecule is CNc1cc2ncc(-c3cc(NC(=O)c4ccnc(C(C)(C)C)c4)cnc3C)cc2cn1. The fraction of sp³-hybridized carbons (Fsp3) is 0.240. The van der Waals surface area contributed by atoms with E-state index in [0.717, 1.165) is 39.2 Å². The Morgan fingerprint density at radius 3 is 2.50 bits per heavy atom. The molecule has 7 heteroatoms. The number of anilines is 2. The number of fused-ring (bicyclic) bond motifs is 1.